The van der Waals surface area contributed by atoms with Crippen molar-refractivity contribution in [2.45, 2.75) is 13.3 Å². The molecule has 1 aliphatic rings. The second kappa shape index (κ2) is 6.42. The van der Waals surface area contributed by atoms with Crippen molar-refractivity contribution in [1.82, 2.24) is 0 Å². The molecule has 1 saturated heterocycles. The third kappa shape index (κ3) is 3.54. The molecule has 3 rings (SSSR count). The number of hydrogen-bond acceptors (Lipinski definition) is 2. The number of halogens is 1. The summed E-state index contributed by atoms with van der Waals surface area (Å²) in [4.78, 5) is 26.2. The number of anilines is 2. The smallest absolute Gasteiger partial charge is 0.229 e. The van der Waals surface area contributed by atoms with Crippen LogP contribution in [0.1, 0.15) is 12.0 Å². The zero-order chi connectivity index (χ0) is 16.4. The van der Waals surface area contributed by atoms with E-state index < -0.39 is 0 Å². The predicted octanol–water partition coefficient (Wildman–Crippen LogP) is 3.64. The maximum atomic E-state index is 12.4. The van der Waals surface area contributed by atoms with Gasteiger partial charge in [0.1, 0.15) is 0 Å². The fourth-order valence-corrected chi connectivity index (χ4v) is 2.84. The molecular weight excluding hydrogens is 312 g/mol. The van der Waals surface area contributed by atoms with Gasteiger partial charge in [0.15, 0.2) is 0 Å². The second-order valence-corrected chi connectivity index (χ2v) is 6.18. The summed E-state index contributed by atoms with van der Waals surface area (Å²) in [6.45, 7) is 2.36. The summed E-state index contributed by atoms with van der Waals surface area (Å²) in [6, 6.07) is 14.7. The zero-order valence-electron chi connectivity index (χ0n) is 12.8. The molecule has 2 aromatic carbocycles. The van der Waals surface area contributed by atoms with Crippen molar-refractivity contribution in [3.05, 3.63) is 59.1 Å². The van der Waals surface area contributed by atoms with Crippen LogP contribution in [0.5, 0.6) is 0 Å². The first-order chi connectivity index (χ1) is 11.0. The van der Waals surface area contributed by atoms with E-state index in [4.69, 9.17) is 11.6 Å². The Kier molecular flexibility index (Phi) is 4.35. The van der Waals surface area contributed by atoms with E-state index in [0.717, 1.165) is 16.9 Å². The molecule has 2 amide bonds. The van der Waals surface area contributed by atoms with Crippen LogP contribution in [0.4, 0.5) is 11.4 Å². The van der Waals surface area contributed by atoms with Crippen LogP contribution in [0.3, 0.4) is 0 Å². The number of amides is 2. The van der Waals surface area contributed by atoms with Crippen molar-refractivity contribution in [3.8, 4) is 0 Å². The lowest BCUT2D eigenvalue weighted by Crippen LogP contribution is -2.28. The first kappa shape index (κ1) is 15.6. The largest absolute Gasteiger partial charge is 0.326 e. The van der Waals surface area contributed by atoms with Crippen molar-refractivity contribution < 1.29 is 9.59 Å². The molecule has 0 aromatic heterocycles. The summed E-state index contributed by atoms with van der Waals surface area (Å²) in [5.74, 6) is -0.550. The molecule has 4 nitrogen and oxygen atoms in total. The number of carbonyl (C=O) groups is 2. The molecular formula is C18H17ClN2O2. The summed E-state index contributed by atoms with van der Waals surface area (Å²) < 4.78 is 0. The highest BCUT2D eigenvalue weighted by Crippen LogP contribution is 2.27. The van der Waals surface area contributed by atoms with E-state index in [1.807, 2.05) is 37.3 Å². The Balaban J connectivity index is 1.69. The summed E-state index contributed by atoms with van der Waals surface area (Å²) in [5.41, 5.74) is 2.61. The molecule has 2 aromatic rings. The van der Waals surface area contributed by atoms with E-state index >= 15 is 0 Å². The van der Waals surface area contributed by atoms with Crippen LogP contribution in [0.25, 0.3) is 0 Å². The van der Waals surface area contributed by atoms with Crippen LogP contribution in [-0.2, 0) is 9.59 Å². The minimum absolute atomic E-state index is 0.0590. The van der Waals surface area contributed by atoms with Gasteiger partial charge in [0.05, 0.1) is 5.92 Å². The van der Waals surface area contributed by atoms with Crippen LogP contribution < -0.4 is 10.2 Å². The molecule has 0 saturated carbocycles. The fourth-order valence-electron chi connectivity index (χ4n) is 2.66. The van der Waals surface area contributed by atoms with E-state index in [-0.39, 0.29) is 24.2 Å². The molecule has 1 N–H and O–H groups in total. The predicted molar refractivity (Wildman–Crippen MR) is 91.7 cm³/mol. The summed E-state index contributed by atoms with van der Waals surface area (Å²) >= 11 is 5.97. The van der Waals surface area contributed by atoms with Gasteiger partial charge in [0.25, 0.3) is 0 Å². The second-order valence-electron chi connectivity index (χ2n) is 5.74. The van der Waals surface area contributed by atoms with Gasteiger partial charge in [0, 0.05) is 29.4 Å². The molecule has 1 fully saturated rings. The average molecular weight is 329 g/mol. The summed E-state index contributed by atoms with van der Waals surface area (Å²) in [6.07, 6.45) is 0.213. The lowest BCUT2D eigenvalue weighted by Gasteiger charge is -2.17. The average Bonchev–Trinajstić information content (AvgIpc) is 2.92. The minimum atomic E-state index is -0.359. The highest BCUT2D eigenvalue weighted by molar-refractivity contribution is 6.31. The third-order valence-electron chi connectivity index (χ3n) is 3.93. The Morgan fingerprint density at radius 1 is 1.22 bits per heavy atom. The summed E-state index contributed by atoms with van der Waals surface area (Å²) in [7, 11) is 0. The maximum Gasteiger partial charge on any atom is 0.229 e. The monoisotopic (exact) mass is 328 g/mol. The fraction of sp³-hybridized carbons (Fsp3) is 0.222. The van der Waals surface area contributed by atoms with Gasteiger partial charge in [-0.3, -0.25) is 9.59 Å². The van der Waals surface area contributed by atoms with Crippen LogP contribution in [0, 0.1) is 12.8 Å². The van der Waals surface area contributed by atoms with E-state index in [9.17, 15) is 9.59 Å². The van der Waals surface area contributed by atoms with Gasteiger partial charge in [-0.15, -0.1) is 0 Å². The highest BCUT2D eigenvalue weighted by atomic mass is 35.5. The lowest BCUT2D eigenvalue weighted by atomic mass is 10.1. The number of nitrogens with one attached hydrogen (secondary N) is 1. The van der Waals surface area contributed by atoms with Crippen LogP contribution in [0.2, 0.25) is 5.02 Å². The SMILES string of the molecule is Cc1ccc(NC(=O)[C@@H]2CC(=O)N(c3cccc(Cl)c3)C2)cc1. The molecule has 118 valence electrons. The molecule has 0 unspecified atom stereocenters. The quantitative estimate of drug-likeness (QED) is 0.935. The van der Waals surface area contributed by atoms with E-state index in [0.29, 0.717) is 11.6 Å². The molecule has 1 heterocycles. The first-order valence-corrected chi connectivity index (χ1v) is 7.84. The van der Waals surface area contributed by atoms with Crippen molar-refractivity contribution in [2.75, 3.05) is 16.8 Å². The van der Waals surface area contributed by atoms with Crippen molar-refractivity contribution in [1.29, 1.82) is 0 Å². The van der Waals surface area contributed by atoms with Crippen LogP contribution in [-0.4, -0.2) is 18.4 Å². The molecule has 1 atom stereocenters. The number of rotatable bonds is 3. The lowest BCUT2D eigenvalue weighted by molar-refractivity contribution is -0.122. The number of benzene rings is 2. The summed E-state index contributed by atoms with van der Waals surface area (Å²) in [5, 5.41) is 3.44. The van der Waals surface area contributed by atoms with Gasteiger partial charge in [-0.1, -0.05) is 35.4 Å². The van der Waals surface area contributed by atoms with E-state index in [1.54, 1.807) is 23.1 Å². The Morgan fingerprint density at radius 3 is 2.65 bits per heavy atom. The molecule has 0 spiro atoms. The number of carbonyl (C=O) groups excluding carboxylic acids is 2. The molecule has 1 aliphatic heterocycles. The van der Waals surface area contributed by atoms with E-state index in [1.165, 1.54) is 0 Å². The topological polar surface area (TPSA) is 49.4 Å². The van der Waals surface area contributed by atoms with Gasteiger partial charge in [0.2, 0.25) is 11.8 Å². The van der Waals surface area contributed by atoms with Crippen molar-refractivity contribution >= 4 is 34.8 Å². The van der Waals surface area contributed by atoms with Gasteiger partial charge in [-0.2, -0.15) is 0 Å². The number of nitrogens with zero attached hydrogens (tertiary/aromatic N) is 1. The highest BCUT2D eigenvalue weighted by Gasteiger charge is 2.35. The normalized spacial score (nSPS) is 17.4. The molecule has 5 heteroatoms. The molecule has 0 bridgehead atoms. The Hall–Kier alpha value is -2.33. The third-order valence-corrected chi connectivity index (χ3v) is 4.17. The van der Waals surface area contributed by atoms with Crippen LogP contribution >= 0.6 is 11.6 Å². The number of hydrogen-bond donors (Lipinski definition) is 1. The van der Waals surface area contributed by atoms with Crippen molar-refractivity contribution in [3.63, 3.8) is 0 Å². The standard InChI is InChI=1S/C18H17ClN2O2/c1-12-5-7-15(8-6-12)20-18(23)13-9-17(22)21(11-13)16-4-2-3-14(19)10-16/h2-8,10,13H,9,11H2,1H3,(H,20,23)/t13-/m1/s1. The van der Waals surface area contributed by atoms with Gasteiger partial charge < -0.3 is 10.2 Å². The minimum Gasteiger partial charge on any atom is -0.326 e. The molecule has 23 heavy (non-hydrogen) atoms. The molecule has 0 radical (unpaired) electrons. The van der Waals surface area contributed by atoms with E-state index in [2.05, 4.69) is 5.32 Å². The van der Waals surface area contributed by atoms with Gasteiger partial charge in [-0.25, -0.2) is 0 Å². The Bertz CT molecular complexity index is 743. The zero-order valence-corrected chi connectivity index (χ0v) is 13.5. The number of aryl methyl sites for hydroxylation is 1. The van der Waals surface area contributed by atoms with Gasteiger partial charge in [-0.05, 0) is 37.3 Å². The maximum absolute atomic E-state index is 12.4. The molecule has 0 aliphatic carbocycles. The van der Waals surface area contributed by atoms with Gasteiger partial charge >= 0.3 is 0 Å². The Morgan fingerprint density at radius 2 is 1.96 bits per heavy atom. The van der Waals surface area contributed by atoms with Crippen molar-refractivity contribution in [2.24, 2.45) is 5.92 Å². The Labute approximate surface area is 140 Å². The van der Waals surface area contributed by atoms with Crippen LogP contribution in [0.15, 0.2) is 48.5 Å². The first-order valence-electron chi connectivity index (χ1n) is 7.46.